The van der Waals surface area contributed by atoms with E-state index in [1.54, 1.807) is 18.0 Å². The number of aromatic nitrogens is 2. The summed E-state index contributed by atoms with van der Waals surface area (Å²) in [5.41, 5.74) is 1.26. The summed E-state index contributed by atoms with van der Waals surface area (Å²) in [4.78, 5) is 8.42. The number of hydrogen-bond acceptors (Lipinski definition) is 3. The quantitative estimate of drug-likeness (QED) is 0.911. The Morgan fingerprint density at radius 3 is 3.00 bits per heavy atom. The first-order chi connectivity index (χ1) is 7.79. The predicted octanol–water partition coefficient (Wildman–Crippen LogP) is 3.04. The fourth-order valence-electron chi connectivity index (χ4n) is 1.35. The van der Waals surface area contributed by atoms with Crippen molar-refractivity contribution in [2.75, 3.05) is 7.05 Å². The van der Waals surface area contributed by atoms with Crippen LogP contribution in [0.5, 0.6) is 0 Å². The Bertz CT molecular complexity index is 456. The van der Waals surface area contributed by atoms with E-state index in [0.717, 1.165) is 21.1 Å². The Labute approximate surface area is 107 Å². The molecule has 0 atom stereocenters. The van der Waals surface area contributed by atoms with Gasteiger partial charge in [0, 0.05) is 28.3 Å². The lowest BCUT2D eigenvalue weighted by molar-refractivity contribution is 0.816. The highest BCUT2D eigenvalue weighted by Gasteiger charge is 2.04. The number of nitrogens with zero attached hydrogens (tertiary/aromatic N) is 1. The molecule has 0 radical (unpaired) electrons. The lowest BCUT2D eigenvalue weighted by atomic mass is 10.2. The van der Waals surface area contributed by atoms with E-state index in [9.17, 15) is 0 Å². The number of H-pyrrole nitrogens is 1. The number of nitrogens with one attached hydrogen (secondary N) is 2. The largest absolute Gasteiger partial charge is 0.339 e. The minimum Gasteiger partial charge on any atom is -0.339 e. The predicted molar refractivity (Wildman–Crippen MR) is 69.6 cm³/mol. The summed E-state index contributed by atoms with van der Waals surface area (Å²) in [7, 11) is 1.94. The highest BCUT2D eigenvalue weighted by atomic mass is 79.9. The summed E-state index contributed by atoms with van der Waals surface area (Å²) in [6, 6.07) is 6.35. The molecule has 0 aliphatic rings. The first-order valence-corrected chi connectivity index (χ1v) is 6.51. The highest BCUT2D eigenvalue weighted by Crippen LogP contribution is 2.32. The summed E-state index contributed by atoms with van der Waals surface area (Å²) in [5, 5.41) is 4.03. The zero-order chi connectivity index (χ0) is 11.4. The van der Waals surface area contributed by atoms with Crippen LogP contribution in [0.3, 0.4) is 0 Å². The zero-order valence-corrected chi connectivity index (χ0v) is 11.2. The molecule has 0 aliphatic carbocycles. The number of hydrogen-bond donors (Lipinski definition) is 2. The van der Waals surface area contributed by atoms with Crippen molar-refractivity contribution in [3.05, 3.63) is 40.6 Å². The average Bonchev–Trinajstić information content (AvgIpc) is 2.75. The molecule has 16 heavy (non-hydrogen) atoms. The van der Waals surface area contributed by atoms with E-state index in [-0.39, 0.29) is 0 Å². The molecular formula is C11H12BrN3S. The first kappa shape index (κ1) is 11.7. The lowest BCUT2D eigenvalue weighted by Gasteiger charge is -2.05. The molecule has 2 N–H and O–H groups in total. The molecule has 0 amide bonds. The number of aromatic amines is 1. The van der Waals surface area contributed by atoms with E-state index < -0.39 is 0 Å². The Morgan fingerprint density at radius 2 is 2.38 bits per heavy atom. The standard InChI is InChI=1S/C11H12BrN3S/c1-13-7-8-2-3-10(9(12)6-8)16-11-14-4-5-15-11/h2-6,13H,7H2,1H3,(H,14,15). The van der Waals surface area contributed by atoms with Gasteiger partial charge in [-0.15, -0.1) is 0 Å². The van der Waals surface area contributed by atoms with Gasteiger partial charge < -0.3 is 10.3 Å². The van der Waals surface area contributed by atoms with Crippen LogP contribution in [0.4, 0.5) is 0 Å². The normalized spacial score (nSPS) is 10.6. The van der Waals surface area contributed by atoms with Crippen LogP contribution < -0.4 is 5.32 Å². The molecule has 2 aromatic rings. The number of benzene rings is 1. The summed E-state index contributed by atoms with van der Waals surface area (Å²) >= 11 is 5.19. The molecule has 0 saturated heterocycles. The van der Waals surface area contributed by atoms with Crippen LogP contribution >= 0.6 is 27.7 Å². The molecule has 0 bridgehead atoms. The van der Waals surface area contributed by atoms with E-state index in [4.69, 9.17) is 0 Å². The van der Waals surface area contributed by atoms with Crippen LogP contribution in [0.15, 0.2) is 45.1 Å². The summed E-state index contributed by atoms with van der Waals surface area (Å²) in [5.74, 6) is 0. The fourth-order valence-corrected chi connectivity index (χ4v) is 2.76. The van der Waals surface area contributed by atoms with Crippen LogP contribution in [0.2, 0.25) is 0 Å². The minimum atomic E-state index is 0.879. The molecule has 0 aliphatic heterocycles. The van der Waals surface area contributed by atoms with Gasteiger partial charge in [-0.1, -0.05) is 17.8 Å². The molecule has 3 nitrogen and oxygen atoms in total. The van der Waals surface area contributed by atoms with Gasteiger partial charge in [-0.25, -0.2) is 4.98 Å². The van der Waals surface area contributed by atoms with E-state index in [0.29, 0.717) is 0 Å². The molecule has 2 rings (SSSR count). The third-order valence-electron chi connectivity index (χ3n) is 2.06. The number of imidazole rings is 1. The topological polar surface area (TPSA) is 40.7 Å². The van der Waals surface area contributed by atoms with Gasteiger partial charge in [0.1, 0.15) is 0 Å². The van der Waals surface area contributed by atoms with Gasteiger partial charge in [-0.3, -0.25) is 0 Å². The van der Waals surface area contributed by atoms with Gasteiger partial charge in [0.2, 0.25) is 0 Å². The van der Waals surface area contributed by atoms with Gasteiger partial charge in [-0.2, -0.15) is 0 Å². The Kier molecular flexibility index (Phi) is 4.04. The molecule has 5 heteroatoms. The van der Waals surface area contributed by atoms with Crippen molar-refractivity contribution in [2.45, 2.75) is 16.6 Å². The Hall–Kier alpha value is -0.780. The van der Waals surface area contributed by atoms with Crippen molar-refractivity contribution in [3.8, 4) is 0 Å². The van der Waals surface area contributed by atoms with E-state index in [1.165, 1.54) is 5.56 Å². The second-order valence-corrected chi connectivity index (χ2v) is 5.18. The molecule has 84 valence electrons. The maximum atomic E-state index is 4.19. The van der Waals surface area contributed by atoms with E-state index in [2.05, 4.69) is 49.4 Å². The summed E-state index contributed by atoms with van der Waals surface area (Å²) < 4.78 is 1.10. The van der Waals surface area contributed by atoms with Gasteiger partial charge in [0.05, 0.1) is 0 Å². The van der Waals surface area contributed by atoms with Crippen LogP contribution in [-0.2, 0) is 6.54 Å². The zero-order valence-electron chi connectivity index (χ0n) is 8.83. The monoisotopic (exact) mass is 297 g/mol. The van der Waals surface area contributed by atoms with Crippen molar-refractivity contribution in [3.63, 3.8) is 0 Å². The van der Waals surface area contributed by atoms with Crippen LogP contribution in [0, 0.1) is 0 Å². The minimum absolute atomic E-state index is 0.879. The Morgan fingerprint density at radius 1 is 1.50 bits per heavy atom. The average molecular weight is 298 g/mol. The maximum absolute atomic E-state index is 4.19. The first-order valence-electron chi connectivity index (χ1n) is 4.90. The molecule has 0 spiro atoms. The van der Waals surface area contributed by atoms with Crippen molar-refractivity contribution in [2.24, 2.45) is 0 Å². The van der Waals surface area contributed by atoms with Crippen LogP contribution in [0.25, 0.3) is 0 Å². The van der Waals surface area contributed by atoms with Gasteiger partial charge in [-0.05, 0) is 40.7 Å². The molecule has 0 unspecified atom stereocenters. The van der Waals surface area contributed by atoms with Gasteiger partial charge in [0.25, 0.3) is 0 Å². The smallest absolute Gasteiger partial charge is 0.170 e. The molecule has 0 fully saturated rings. The van der Waals surface area contributed by atoms with Crippen molar-refractivity contribution >= 4 is 27.7 Å². The summed E-state index contributed by atoms with van der Waals surface area (Å²) in [6.45, 7) is 0.879. The van der Waals surface area contributed by atoms with Crippen molar-refractivity contribution in [1.82, 2.24) is 15.3 Å². The Balaban J connectivity index is 2.16. The number of halogens is 1. The molecule has 1 heterocycles. The molecular weight excluding hydrogens is 286 g/mol. The van der Waals surface area contributed by atoms with Gasteiger partial charge in [0.15, 0.2) is 5.16 Å². The van der Waals surface area contributed by atoms with Crippen LogP contribution in [-0.4, -0.2) is 17.0 Å². The number of rotatable bonds is 4. The maximum Gasteiger partial charge on any atom is 0.170 e. The second kappa shape index (κ2) is 5.52. The van der Waals surface area contributed by atoms with Crippen molar-refractivity contribution in [1.29, 1.82) is 0 Å². The van der Waals surface area contributed by atoms with Crippen molar-refractivity contribution < 1.29 is 0 Å². The summed E-state index contributed by atoms with van der Waals surface area (Å²) in [6.07, 6.45) is 3.58. The molecule has 1 aromatic carbocycles. The highest BCUT2D eigenvalue weighted by molar-refractivity contribution is 9.10. The SMILES string of the molecule is CNCc1ccc(Sc2ncc[nH]2)c(Br)c1. The fraction of sp³-hybridized carbons (Fsp3) is 0.182. The second-order valence-electron chi connectivity index (χ2n) is 3.29. The third kappa shape index (κ3) is 2.87. The van der Waals surface area contributed by atoms with Crippen LogP contribution in [0.1, 0.15) is 5.56 Å². The van der Waals surface area contributed by atoms with Gasteiger partial charge >= 0.3 is 0 Å². The molecule has 0 saturated carbocycles. The third-order valence-corrected chi connectivity index (χ3v) is 3.97. The molecule has 1 aromatic heterocycles. The van der Waals surface area contributed by atoms with E-state index in [1.807, 2.05) is 13.2 Å². The lowest BCUT2D eigenvalue weighted by Crippen LogP contribution is -2.04. The van der Waals surface area contributed by atoms with E-state index >= 15 is 0 Å².